The lowest BCUT2D eigenvalue weighted by Crippen LogP contribution is -2.72. The van der Waals surface area contributed by atoms with E-state index in [9.17, 15) is 39.2 Å². The van der Waals surface area contributed by atoms with E-state index in [0.717, 1.165) is 38.5 Å². The number of hydrogen-bond acceptors (Lipinski definition) is 7. The van der Waals surface area contributed by atoms with Gasteiger partial charge in [-0.25, -0.2) is 4.39 Å². The summed E-state index contributed by atoms with van der Waals surface area (Å²) in [6, 6.07) is 0. The van der Waals surface area contributed by atoms with Gasteiger partial charge in [0.25, 0.3) is 0 Å². The molecule has 13 atom stereocenters. The van der Waals surface area contributed by atoms with Crippen LogP contribution in [0.25, 0.3) is 0 Å². The summed E-state index contributed by atoms with van der Waals surface area (Å²) in [5.74, 6) is -5.13. The number of Topliss-reactive ketones (excluding diaryl/α,β-unsaturated/α-hetero) is 3. The Morgan fingerprint density at radius 1 is 0.944 bits per heavy atom. The molecule has 0 aromatic rings. The standard InChI is InChI=1S/C28H41FO7/c1-13(30)22-21(32)12-17-10-16-11-18-14(6-7-15-4-2-3-5-19(15)29)8-9-20(31)24(18)25(33)23(16)27(35)28(17,36)26(22)34/h14-20,22-24,26-27,31,34-36H,2-12H2,1H3/t14?,15?,16-,17+,18?,19?,20?,22?,23?,24?,26?,27?,28-/m1/s1. The van der Waals surface area contributed by atoms with Crippen LogP contribution in [0, 0.1) is 47.3 Å². The third-order valence-corrected chi connectivity index (χ3v) is 10.9. The number of aliphatic hydroxyl groups excluding tert-OH is 3. The molecule has 5 aliphatic rings. The van der Waals surface area contributed by atoms with Crippen molar-refractivity contribution in [2.45, 2.75) is 108 Å². The third kappa shape index (κ3) is 4.11. The van der Waals surface area contributed by atoms with Gasteiger partial charge in [-0.05, 0) is 87.9 Å². The number of fused-ring (bicyclic) bond motifs is 3. The molecule has 202 valence electrons. The second kappa shape index (κ2) is 9.83. The molecule has 0 heterocycles. The number of carbonyl (C=O) groups is 3. The predicted molar refractivity (Wildman–Crippen MR) is 127 cm³/mol. The number of aliphatic hydroxyl groups is 4. The largest absolute Gasteiger partial charge is 0.392 e. The van der Waals surface area contributed by atoms with E-state index in [1.54, 1.807) is 0 Å². The minimum Gasteiger partial charge on any atom is -0.392 e. The smallest absolute Gasteiger partial charge is 0.146 e. The SMILES string of the molecule is CC(=O)C1C(=O)C[C@@H]2C[C@@H]3CC4C(CCC5CCCCC5F)CCC(O)C4C(=O)C3C(O)[C@]2(O)C1O. The molecule has 10 unspecified atom stereocenters. The minimum absolute atomic E-state index is 0.0616. The van der Waals surface area contributed by atoms with Crippen LogP contribution in [0.4, 0.5) is 4.39 Å². The van der Waals surface area contributed by atoms with Crippen molar-refractivity contribution in [1.82, 2.24) is 0 Å². The number of rotatable bonds is 4. The number of halogens is 1. The lowest BCUT2D eigenvalue weighted by Gasteiger charge is -2.59. The van der Waals surface area contributed by atoms with Crippen LogP contribution in [-0.2, 0) is 14.4 Å². The van der Waals surface area contributed by atoms with Crippen molar-refractivity contribution in [3.8, 4) is 0 Å². The van der Waals surface area contributed by atoms with Crippen LogP contribution in [-0.4, -0.2) is 67.9 Å². The first-order chi connectivity index (χ1) is 17.1. The van der Waals surface area contributed by atoms with Crippen molar-refractivity contribution in [2.24, 2.45) is 47.3 Å². The molecule has 0 saturated heterocycles. The third-order valence-electron chi connectivity index (χ3n) is 10.9. The van der Waals surface area contributed by atoms with E-state index in [1.807, 2.05) is 0 Å². The van der Waals surface area contributed by atoms with Crippen LogP contribution in [0.1, 0.15) is 77.6 Å². The highest BCUT2D eigenvalue weighted by Gasteiger charge is 2.66. The van der Waals surface area contributed by atoms with Crippen LogP contribution >= 0.6 is 0 Å². The fourth-order valence-corrected chi connectivity index (χ4v) is 8.99. The van der Waals surface area contributed by atoms with E-state index in [4.69, 9.17) is 0 Å². The molecule has 5 saturated carbocycles. The minimum atomic E-state index is -2.12. The van der Waals surface area contributed by atoms with E-state index in [1.165, 1.54) is 6.92 Å². The van der Waals surface area contributed by atoms with Gasteiger partial charge < -0.3 is 20.4 Å². The molecule has 7 nitrogen and oxygen atoms in total. The maximum atomic E-state index is 14.4. The van der Waals surface area contributed by atoms with Crippen LogP contribution in [0.2, 0.25) is 0 Å². The zero-order valence-electron chi connectivity index (χ0n) is 21.1. The Morgan fingerprint density at radius 3 is 2.33 bits per heavy atom. The fraction of sp³-hybridized carbons (Fsp3) is 0.893. The molecule has 5 rings (SSSR count). The first kappa shape index (κ1) is 26.4. The summed E-state index contributed by atoms with van der Waals surface area (Å²) >= 11 is 0. The van der Waals surface area contributed by atoms with Gasteiger partial charge in [0.2, 0.25) is 0 Å². The molecule has 5 aliphatic carbocycles. The summed E-state index contributed by atoms with van der Waals surface area (Å²) in [6.45, 7) is 1.18. The average Bonchev–Trinajstić information content (AvgIpc) is 2.81. The highest BCUT2D eigenvalue weighted by atomic mass is 19.1. The Hall–Kier alpha value is -1.22. The summed E-state index contributed by atoms with van der Waals surface area (Å²) in [7, 11) is 0. The van der Waals surface area contributed by atoms with Crippen molar-refractivity contribution in [3.63, 3.8) is 0 Å². The van der Waals surface area contributed by atoms with Crippen molar-refractivity contribution in [1.29, 1.82) is 0 Å². The van der Waals surface area contributed by atoms with Gasteiger partial charge in [0, 0.05) is 18.3 Å². The zero-order chi connectivity index (χ0) is 25.9. The number of alkyl halides is 1. The number of ketones is 3. The summed E-state index contributed by atoms with van der Waals surface area (Å²) in [4.78, 5) is 38.5. The van der Waals surface area contributed by atoms with Gasteiger partial charge >= 0.3 is 0 Å². The second-order valence-corrected chi connectivity index (χ2v) is 12.6. The summed E-state index contributed by atoms with van der Waals surface area (Å²) in [6.07, 6.45) is 2.19. The Morgan fingerprint density at radius 2 is 1.64 bits per heavy atom. The normalized spacial score (nSPS) is 51.2. The van der Waals surface area contributed by atoms with Gasteiger partial charge in [-0.1, -0.05) is 12.8 Å². The van der Waals surface area contributed by atoms with E-state index >= 15 is 0 Å². The van der Waals surface area contributed by atoms with Crippen LogP contribution < -0.4 is 0 Å². The molecule has 5 fully saturated rings. The van der Waals surface area contributed by atoms with Gasteiger partial charge in [0.05, 0.1) is 12.2 Å². The maximum Gasteiger partial charge on any atom is 0.146 e. The van der Waals surface area contributed by atoms with E-state index in [0.29, 0.717) is 25.7 Å². The Bertz CT molecular complexity index is 893. The quantitative estimate of drug-likeness (QED) is 0.428. The first-order valence-corrected chi connectivity index (χ1v) is 14.0. The van der Waals surface area contributed by atoms with Crippen molar-refractivity contribution in [2.75, 3.05) is 0 Å². The van der Waals surface area contributed by atoms with Gasteiger partial charge in [-0.15, -0.1) is 0 Å². The summed E-state index contributed by atoms with van der Waals surface area (Å²) in [5.41, 5.74) is -2.12. The maximum absolute atomic E-state index is 14.4. The molecule has 0 bridgehead atoms. The molecule has 0 amide bonds. The molecule has 0 aromatic carbocycles. The van der Waals surface area contributed by atoms with E-state index in [2.05, 4.69) is 0 Å². The van der Waals surface area contributed by atoms with Gasteiger partial charge in [-0.2, -0.15) is 0 Å². The van der Waals surface area contributed by atoms with E-state index < -0.39 is 65.3 Å². The van der Waals surface area contributed by atoms with Crippen LogP contribution in [0.5, 0.6) is 0 Å². The molecule has 36 heavy (non-hydrogen) atoms. The van der Waals surface area contributed by atoms with Crippen molar-refractivity contribution >= 4 is 17.3 Å². The highest BCUT2D eigenvalue weighted by Crippen LogP contribution is 2.57. The predicted octanol–water partition coefficient (Wildman–Crippen LogP) is 2.15. The fourth-order valence-electron chi connectivity index (χ4n) is 8.99. The summed E-state index contributed by atoms with van der Waals surface area (Å²) < 4.78 is 14.4. The molecular weight excluding hydrogens is 467 g/mol. The Balaban J connectivity index is 1.37. The van der Waals surface area contributed by atoms with Crippen LogP contribution in [0.15, 0.2) is 0 Å². The zero-order valence-corrected chi connectivity index (χ0v) is 21.1. The molecule has 0 spiro atoms. The first-order valence-electron chi connectivity index (χ1n) is 14.0. The Kier molecular flexibility index (Phi) is 7.20. The molecular formula is C28H41FO7. The topological polar surface area (TPSA) is 132 Å². The van der Waals surface area contributed by atoms with Gasteiger partial charge in [0.15, 0.2) is 0 Å². The van der Waals surface area contributed by atoms with Crippen LogP contribution in [0.3, 0.4) is 0 Å². The monoisotopic (exact) mass is 508 g/mol. The van der Waals surface area contributed by atoms with Crippen molar-refractivity contribution in [3.05, 3.63) is 0 Å². The molecule has 0 aromatic heterocycles. The molecule has 8 heteroatoms. The van der Waals surface area contributed by atoms with Gasteiger partial charge in [-0.3, -0.25) is 14.4 Å². The van der Waals surface area contributed by atoms with Gasteiger partial charge in [0.1, 0.15) is 41.1 Å². The molecule has 0 radical (unpaired) electrons. The number of carbonyl (C=O) groups excluding carboxylic acids is 3. The van der Waals surface area contributed by atoms with Crippen molar-refractivity contribution < 1.29 is 39.2 Å². The van der Waals surface area contributed by atoms with E-state index in [-0.39, 0.29) is 35.9 Å². The molecule has 4 N–H and O–H groups in total. The highest BCUT2D eigenvalue weighted by molar-refractivity contribution is 6.03. The molecule has 0 aliphatic heterocycles. The summed E-state index contributed by atoms with van der Waals surface area (Å²) in [5, 5.41) is 44.7. The average molecular weight is 509 g/mol. The number of hydrogen-bond donors (Lipinski definition) is 4. The lowest BCUT2D eigenvalue weighted by molar-refractivity contribution is -0.247. The second-order valence-electron chi connectivity index (χ2n) is 12.6. The lowest BCUT2D eigenvalue weighted by atomic mass is 9.48. The Labute approximate surface area is 211 Å².